The zero-order valence-electron chi connectivity index (χ0n) is 16.8. The maximum absolute atomic E-state index is 13.0. The average Bonchev–Trinajstić information content (AvgIpc) is 3.09. The first-order chi connectivity index (χ1) is 14.4. The van der Waals surface area contributed by atoms with Crippen LogP contribution >= 0.6 is 15.9 Å². The molecule has 7 nitrogen and oxygen atoms in total. The smallest absolute Gasteiger partial charge is 0.272 e. The third kappa shape index (κ3) is 3.92. The van der Waals surface area contributed by atoms with Crippen molar-refractivity contribution in [3.8, 4) is 11.5 Å². The van der Waals surface area contributed by atoms with Crippen molar-refractivity contribution in [1.82, 2.24) is 10.2 Å². The fraction of sp³-hybridized carbons (Fsp3) is 0.318. The SMILES string of the molecule is COc1cc(OC)cc(C(=O)N2CCC3(CC2)N=C(c2ccc(Br)cc2)C(=O)N3)c1. The summed E-state index contributed by atoms with van der Waals surface area (Å²) in [6.07, 6.45) is 1.12. The maximum atomic E-state index is 13.0. The van der Waals surface area contributed by atoms with Gasteiger partial charge in [-0.1, -0.05) is 28.1 Å². The minimum atomic E-state index is -0.650. The summed E-state index contributed by atoms with van der Waals surface area (Å²) in [4.78, 5) is 32.1. The molecule has 0 saturated carbocycles. The average molecular weight is 472 g/mol. The highest BCUT2D eigenvalue weighted by molar-refractivity contribution is 9.10. The number of amides is 2. The van der Waals surface area contributed by atoms with Crippen molar-refractivity contribution in [2.75, 3.05) is 27.3 Å². The molecule has 4 rings (SSSR count). The maximum Gasteiger partial charge on any atom is 0.272 e. The monoisotopic (exact) mass is 471 g/mol. The van der Waals surface area contributed by atoms with E-state index in [0.29, 0.717) is 48.7 Å². The molecule has 1 spiro atoms. The number of ether oxygens (including phenoxy) is 2. The minimum absolute atomic E-state index is 0.0940. The summed E-state index contributed by atoms with van der Waals surface area (Å²) in [5.74, 6) is 0.870. The van der Waals surface area contributed by atoms with E-state index in [4.69, 9.17) is 14.5 Å². The third-order valence-corrected chi connectivity index (χ3v) is 6.01. The number of piperidine rings is 1. The lowest BCUT2D eigenvalue weighted by atomic mass is 9.97. The summed E-state index contributed by atoms with van der Waals surface area (Å²) in [6, 6.07) is 12.7. The lowest BCUT2D eigenvalue weighted by molar-refractivity contribution is -0.115. The summed E-state index contributed by atoms with van der Waals surface area (Å²) >= 11 is 3.40. The highest BCUT2D eigenvalue weighted by Crippen LogP contribution is 2.31. The molecule has 2 aromatic rings. The zero-order chi connectivity index (χ0) is 21.3. The number of halogens is 1. The van der Waals surface area contributed by atoms with Gasteiger partial charge in [0.25, 0.3) is 11.8 Å². The Balaban J connectivity index is 1.49. The second-order valence-electron chi connectivity index (χ2n) is 7.35. The van der Waals surface area contributed by atoms with E-state index in [0.717, 1.165) is 10.0 Å². The van der Waals surface area contributed by atoms with Crippen molar-refractivity contribution in [3.05, 3.63) is 58.1 Å². The van der Waals surface area contributed by atoms with Crippen molar-refractivity contribution in [3.63, 3.8) is 0 Å². The van der Waals surface area contributed by atoms with Crippen LogP contribution in [0.5, 0.6) is 11.5 Å². The molecule has 2 aromatic carbocycles. The van der Waals surface area contributed by atoms with Gasteiger partial charge in [0.2, 0.25) is 0 Å². The lowest BCUT2D eigenvalue weighted by Crippen LogP contribution is -2.52. The van der Waals surface area contributed by atoms with E-state index in [2.05, 4.69) is 21.2 Å². The second-order valence-corrected chi connectivity index (χ2v) is 8.26. The van der Waals surface area contributed by atoms with Crippen LogP contribution in [0.3, 0.4) is 0 Å². The van der Waals surface area contributed by atoms with Gasteiger partial charge in [-0.25, -0.2) is 0 Å². The number of hydrogen-bond donors (Lipinski definition) is 1. The molecule has 8 heteroatoms. The summed E-state index contributed by atoms with van der Waals surface area (Å²) < 4.78 is 11.5. The van der Waals surface area contributed by atoms with E-state index in [1.54, 1.807) is 37.3 Å². The Morgan fingerprint density at radius 2 is 1.67 bits per heavy atom. The minimum Gasteiger partial charge on any atom is -0.497 e. The number of rotatable bonds is 4. The molecule has 1 N–H and O–H groups in total. The van der Waals surface area contributed by atoms with Crippen LogP contribution in [0.2, 0.25) is 0 Å². The van der Waals surface area contributed by atoms with E-state index in [1.165, 1.54) is 0 Å². The zero-order valence-corrected chi connectivity index (χ0v) is 18.4. The molecule has 1 saturated heterocycles. The lowest BCUT2D eigenvalue weighted by Gasteiger charge is -2.37. The molecule has 2 aliphatic heterocycles. The standard InChI is InChI=1S/C22H22BrN3O4/c1-29-17-11-15(12-18(13-17)30-2)21(28)26-9-7-22(8-10-26)24-19(20(27)25-22)14-3-5-16(23)6-4-14/h3-6,11-13H,7-10H2,1-2H3,(H,25,27). The fourth-order valence-electron chi connectivity index (χ4n) is 3.80. The molecule has 0 atom stereocenters. The van der Waals surface area contributed by atoms with Crippen LogP contribution in [0.4, 0.5) is 0 Å². The van der Waals surface area contributed by atoms with Gasteiger partial charge in [0.1, 0.15) is 22.9 Å². The largest absolute Gasteiger partial charge is 0.497 e. The Morgan fingerprint density at radius 3 is 2.23 bits per heavy atom. The molecule has 0 aliphatic carbocycles. The molecule has 30 heavy (non-hydrogen) atoms. The van der Waals surface area contributed by atoms with Gasteiger partial charge in [-0.3, -0.25) is 14.6 Å². The van der Waals surface area contributed by atoms with Crippen molar-refractivity contribution >= 4 is 33.5 Å². The molecule has 0 radical (unpaired) electrons. The van der Waals surface area contributed by atoms with Crippen molar-refractivity contribution in [1.29, 1.82) is 0 Å². The predicted octanol–water partition coefficient (Wildman–Crippen LogP) is 3.02. The summed E-state index contributed by atoms with van der Waals surface area (Å²) in [5, 5.41) is 3.04. The van der Waals surface area contributed by atoms with Crippen molar-refractivity contribution < 1.29 is 19.1 Å². The van der Waals surface area contributed by atoms with Crippen molar-refractivity contribution in [2.24, 2.45) is 4.99 Å². The number of carbonyl (C=O) groups excluding carboxylic acids is 2. The second kappa shape index (κ2) is 8.10. The highest BCUT2D eigenvalue weighted by Gasteiger charge is 2.43. The molecule has 2 heterocycles. The Bertz CT molecular complexity index is 989. The summed E-state index contributed by atoms with van der Waals surface area (Å²) in [5.41, 5.74) is 1.09. The van der Waals surface area contributed by atoms with Crippen LogP contribution in [0, 0.1) is 0 Å². The van der Waals surface area contributed by atoms with Crippen LogP contribution in [-0.4, -0.2) is 55.4 Å². The van der Waals surface area contributed by atoms with Crippen LogP contribution < -0.4 is 14.8 Å². The molecule has 1 fully saturated rings. The van der Waals surface area contributed by atoms with Crippen LogP contribution in [0.1, 0.15) is 28.8 Å². The van der Waals surface area contributed by atoms with Crippen LogP contribution in [-0.2, 0) is 4.79 Å². The Kier molecular flexibility index (Phi) is 5.51. The van der Waals surface area contributed by atoms with Gasteiger partial charge in [0.15, 0.2) is 0 Å². The highest BCUT2D eigenvalue weighted by atomic mass is 79.9. The Hall–Kier alpha value is -2.87. The summed E-state index contributed by atoms with van der Waals surface area (Å²) in [6.45, 7) is 0.992. The number of methoxy groups -OCH3 is 2. The van der Waals surface area contributed by atoms with E-state index in [-0.39, 0.29) is 11.8 Å². The Labute approximate surface area is 183 Å². The van der Waals surface area contributed by atoms with E-state index >= 15 is 0 Å². The van der Waals surface area contributed by atoms with Crippen molar-refractivity contribution in [2.45, 2.75) is 18.5 Å². The van der Waals surface area contributed by atoms with Gasteiger partial charge in [-0.15, -0.1) is 0 Å². The van der Waals surface area contributed by atoms with Gasteiger partial charge < -0.3 is 19.7 Å². The quantitative estimate of drug-likeness (QED) is 0.742. The molecule has 2 amide bonds. The van der Waals surface area contributed by atoms with Crippen LogP contribution in [0.25, 0.3) is 0 Å². The first-order valence-electron chi connectivity index (χ1n) is 9.64. The predicted molar refractivity (Wildman–Crippen MR) is 116 cm³/mol. The van der Waals surface area contributed by atoms with Gasteiger partial charge in [-0.2, -0.15) is 0 Å². The van der Waals surface area contributed by atoms with Gasteiger partial charge in [0.05, 0.1) is 14.2 Å². The number of nitrogens with zero attached hydrogens (tertiary/aromatic N) is 2. The fourth-order valence-corrected chi connectivity index (χ4v) is 4.06. The number of benzene rings is 2. The van der Waals surface area contributed by atoms with E-state index in [9.17, 15) is 9.59 Å². The number of hydrogen-bond acceptors (Lipinski definition) is 5. The molecule has 2 aliphatic rings. The van der Waals surface area contributed by atoms with E-state index in [1.807, 2.05) is 24.3 Å². The van der Waals surface area contributed by atoms with Gasteiger partial charge in [0, 0.05) is 47.6 Å². The van der Waals surface area contributed by atoms with Gasteiger partial charge in [-0.05, 0) is 24.3 Å². The molecule has 0 bridgehead atoms. The van der Waals surface area contributed by atoms with Crippen LogP contribution in [0.15, 0.2) is 51.9 Å². The molecule has 0 aromatic heterocycles. The number of aliphatic imine (C=N–C) groups is 1. The number of carbonyl (C=O) groups is 2. The van der Waals surface area contributed by atoms with E-state index < -0.39 is 5.66 Å². The normalized spacial score (nSPS) is 17.5. The molecular formula is C22H22BrN3O4. The first-order valence-corrected chi connectivity index (χ1v) is 10.4. The first kappa shape index (κ1) is 20.4. The summed E-state index contributed by atoms with van der Waals surface area (Å²) in [7, 11) is 3.11. The van der Waals surface area contributed by atoms with Gasteiger partial charge >= 0.3 is 0 Å². The molecule has 0 unspecified atom stereocenters. The topological polar surface area (TPSA) is 80.2 Å². The Morgan fingerprint density at radius 1 is 1.07 bits per heavy atom. The molecule has 156 valence electrons. The number of nitrogens with one attached hydrogen (secondary N) is 1. The molecular weight excluding hydrogens is 450 g/mol. The number of likely N-dealkylation sites (tertiary alicyclic amines) is 1. The third-order valence-electron chi connectivity index (χ3n) is 5.48.